The second kappa shape index (κ2) is 4.69. The van der Waals surface area contributed by atoms with Crippen molar-refractivity contribution in [1.82, 2.24) is 9.78 Å². The number of carboxylic acid groups (broad SMARTS) is 1. The molecule has 0 atom stereocenters. The summed E-state index contributed by atoms with van der Waals surface area (Å²) in [6.07, 6.45) is 1.000. The monoisotopic (exact) mass is 327 g/mol. The third-order valence-corrected chi connectivity index (χ3v) is 2.77. The lowest BCUT2D eigenvalue weighted by Gasteiger charge is -2.02. The number of carboxylic acids is 1. The Kier molecular flexibility index (Phi) is 3.21. The summed E-state index contributed by atoms with van der Waals surface area (Å²) in [5.41, 5.74) is -0.790. The molecule has 0 radical (unpaired) electrons. The van der Waals surface area contributed by atoms with Gasteiger partial charge in [0.05, 0.1) is 11.1 Å². The van der Waals surface area contributed by atoms with Crippen LogP contribution in [0.4, 0.5) is 5.69 Å². The van der Waals surface area contributed by atoms with Gasteiger partial charge in [0, 0.05) is 10.5 Å². The van der Waals surface area contributed by atoms with Gasteiger partial charge in [0.1, 0.15) is 5.69 Å². The highest BCUT2D eigenvalue weighted by atomic mass is 79.9. The average Bonchev–Trinajstić information content (AvgIpc) is 2.71. The number of nitro groups is 1. The highest BCUT2D eigenvalue weighted by molar-refractivity contribution is 9.10. The summed E-state index contributed by atoms with van der Waals surface area (Å²) >= 11 is 3.10. The highest BCUT2D eigenvalue weighted by Gasteiger charge is 2.21. The van der Waals surface area contributed by atoms with Crippen molar-refractivity contribution in [1.29, 1.82) is 0 Å². The topological polar surface area (TPSA) is 118 Å². The second-order valence-corrected chi connectivity index (χ2v) is 4.42. The van der Waals surface area contributed by atoms with Crippen molar-refractivity contribution in [3.63, 3.8) is 0 Å². The molecule has 0 saturated carbocycles. The molecule has 2 aromatic rings. The first-order chi connectivity index (χ1) is 8.90. The normalized spacial score (nSPS) is 10.4. The van der Waals surface area contributed by atoms with Gasteiger partial charge in [-0.15, -0.1) is 0 Å². The summed E-state index contributed by atoms with van der Waals surface area (Å²) in [4.78, 5) is 21.1. The van der Waals surface area contributed by atoms with E-state index < -0.39 is 22.3 Å². The molecule has 19 heavy (non-hydrogen) atoms. The number of benzene rings is 1. The first-order valence-corrected chi connectivity index (χ1v) is 5.65. The van der Waals surface area contributed by atoms with E-state index in [1.165, 1.54) is 12.1 Å². The molecule has 0 fully saturated rings. The minimum absolute atomic E-state index is 0.0519. The number of nitro benzene ring substituents is 1. The van der Waals surface area contributed by atoms with Crippen LogP contribution < -0.4 is 0 Å². The molecule has 2 N–H and O–H groups in total. The van der Waals surface area contributed by atoms with Gasteiger partial charge in [0.2, 0.25) is 5.69 Å². The smallest absolute Gasteiger partial charge is 0.360 e. The van der Waals surface area contributed by atoms with Crippen molar-refractivity contribution in [2.45, 2.75) is 0 Å². The maximum atomic E-state index is 10.9. The van der Waals surface area contributed by atoms with E-state index in [4.69, 9.17) is 5.11 Å². The Morgan fingerprint density at radius 2 is 2.16 bits per heavy atom. The molecule has 1 heterocycles. The lowest BCUT2D eigenvalue weighted by Crippen LogP contribution is -2.03. The summed E-state index contributed by atoms with van der Waals surface area (Å²) in [5.74, 6) is -1.99. The number of carbonyl (C=O) groups is 1. The molecule has 0 aliphatic rings. The van der Waals surface area contributed by atoms with Crippen molar-refractivity contribution >= 4 is 27.6 Å². The van der Waals surface area contributed by atoms with Gasteiger partial charge in [-0.25, -0.2) is 9.48 Å². The van der Waals surface area contributed by atoms with Crippen LogP contribution in [0, 0.1) is 10.1 Å². The van der Waals surface area contributed by atoms with Crippen molar-refractivity contribution in [2.24, 2.45) is 0 Å². The Bertz CT molecular complexity index is 682. The van der Waals surface area contributed by atoms with Crippen LogP contribution in [0.25, 0.3) is 5.69 Å². The Balaban J connectivity index is 2.62. The van der Waals surface area contributed by atoms with Crippen molar-refractivity contribution < 1.29 is 19.9 Å². The van der Waals surface area contributed by atoms with E-state index in [1.807, 2.05) is 0 Å². The highest BCUT2D eigenvalue weighted by Crippen LogP contribution is 2.28. The molecule has 0 unspecified atom stereocenters. The zero-order chi connectivity index (χ0) is 14.2. The molecule has 0 amide bonds. The van der Waals surface area contributed by atoms with E-state index in [0.717, 1.165) is 10.9 Å². The van der Waals surface area contributed by atoms with Gasteiger partial charge in [-0.3, -0.25) is 10.1 Å². The van der Waals surface area contributed by atoms with Crippen LogP contribution in [-0.4, -0.2) is 30.9 Å². The summed E-state index contributed by atoms with van der Waals surface area (Å²) in [6, 6.07) is 4.19. The van der Waals surface area contributed by atoms with Crippen LogP contribution in [-0.2, 0) is 0 Å². The number of hydrogen-bond acceptors (Lipinski definition) is 5. The predicted molar refractivity (Wildman–Crippen MR) is 66.5 cm³/mol. The molecule has 1 aromatic carbocycles. The van der Waals surface area contributed by atoms with E-state index >= 15 is 0 Å². The minimum Gasteiger partial charge on any atom is -0.504 e. The summed E-state index contributed by atoms with van der Waals surface area (Å²) in [6.45, 7) is 0. The van der Waals surface area contributed by atoms with Gasteiger partial charge in [-0.1, -0.05) is 15.9 Å². The van der Waals surface area contributed by atoms with Crippen LogP contribution in [0.15, 0.2) is 28.9 Å². The van der Waals surface area contributed by atoms with Crippen molar-refractivity contribution in [2.75, 3.05) is 0 Å². The van der Waals surface area contributed by atoms with Crippen LogP contribution in [0.5, 0.6) is 5.75 Å². The standard InChI is InChI=1S/C10H6BrN3O5/c11-5-1-2-6(7(3-5)14(18)19)13-4-8(15)9(12-13)10(16)17/h1-4,15H,(H,16,17). The lowest BCUT2D eigenvalue weighted by atomic mass is 10.3. The average molecular weight is 328 g/mol. The van der Waals surface area contributed by atoms with E-state index in [9.17, 15) is 20.0 Å². The zero-order valence-electron chi connectivity index (χ0n) is 9.15. The summed E-state index contributed by atoms with van der Waals surface area (Å²) in [7, 11) is 0. The van der Waals surface area contributed by atoms with Crippen LogP contribution in [0.2, 0.25) is 0 Å². The van der Waals surface area contributed by atoms with Gasteiger partial charge < -0.3 is 10.2 Å². The van der Waals surface area contributed by atoms with Gasteiger partial charge in [-0.05, 0) is 12.1 Å². The number of halogens is 1. The largest absolute Gasteiger partial charge is 0.504 e. The molecular weight excluding hydrogens is 322 g/mol. The number of rotatable bonds is 3. The number of hydrogen-bond donors (Lipinski definition) is 2. The Morgan fingerprint density at radius 1 is 1.47 bits per heavy atom. The molecule has 0 bridgehead atoms. The SMILES string of the molecule is O=C(O)c1nn(-c2ccc(Br)cc2[N+](=O)[O-])cc1O. The number of aromatic nitrogens is 2. The molecule has 2 rings (SSSR count). The fourth-order valence-corrected chi connectivity index (χ4v) is 1.83. The van der Waals surface area contributed by atoms with Crippen molar-refractivity contribution in [3.05, 3.63) is 44.7 Å². The van der Waals surface area contributed by atoms with E-state index in [-0.39, 0.29) is 11.4 Å². The summed E-state index contributed by atoms with van der Waals surface area (Å²) < 4.78 is 1.45. The second-order valence-electron chi connectivity index (χ2n) is 3.50. The molecule has 0 aliphatic heterocycles. The van der Waals surface area contributed by atoms with Crippen LogP contribution in [0.1, 0.15) is 10.5 Å². The Labute approximate surface area is 114 Å². The molecule has 0 aliphatic carbocycles. The molecule has 0 spiro atoms. The molecule has 1 aromatic heterocycles. The van der Waals surface area contributed by atoms with E-state index in [1.54, 1.807) is 6.07 Å². The number of nitrogens with zero attached hydrogens (tertiary/aromatic N) is 3. The van der Waals surface area contributed by atoms with Gasteiger partial charge in [-0.2, -0.15) is 5.10 Å². The third-order valence-electron chi connectivity index (χ3n) is 2.28. The Hall–Kier alpha value is -2.42. The van der Waals surface area contributed by atoms with E-state index in [2.05, 4.69) is 21.0 Å². The first kappa shape index (κ1) is 13.0. The predicted octanol–water partition coefficient (Wildman–Crippen LogP) is 1.95. The van der Waals surface area contributed by atoms with Crippen molar-refractivity contribution in [3.8, 4) is 11.4 Å². The minimum atomic E-state index is -1.42. The number of aromatic carboxylic acids is 1. The Morgan fingerprint density at radius 3 is 2.68 bits per heavy atom. The quantitative estimate of drug-likeness (QED) is 0.656. The van der Waals surface area contributed by atoms with Crippen LogP contribution >= 0.6 is 15.9 Å². The molecule has 98 valence electrons. The molecular formula is C10H6BrN3O5. The fourth-order valence-electron chi connectivity index (χ4n) is 1.48. The van der Waals surface area contributed by atoms with E-state index in [0.29, 0.717) is 4.47 Å². The summed E-state index contributed by atoms with van der Waals surface area (Å²) in [5, 5.41) is 32.7. The molecule has 9 heteroatoms. The third kappa shape index (κ3) is 2.40. The lowest BCUT2D eigenvalue weighted by molar-refractivity contribution is -0.384. The van der Waals surface area contributed by atoms with Gasteiger partial charge in [0.15, 0.2) is 5.75 Å². The maximum absolute atomic E-state index is 10.9. The zero-order valence-corrected chi connectivity index (χ0v) is 10.7. The maximum Gasteiger partial charge on any atom is 0.360 e. The molecule has 8 nitrogen and oxygen atoms in total. The van der Waals surface area contributed by atoms with Gasteiger partial charge >= 0.3 is 5.97 Å². The fraction of sp³-hybridized carbons (Fsp3) is 0. The van der Waals surface area contributed by atoms with Crippen LogP contribution in [0.3, 0.4) is 0 Å². The number of aromatic hydroxyl groups is 1. The molecule has 0 saturated heterocycles. The first-order valence-electron chi connectivity index (χ1n) is 4.86. The van der Waals surface area contributed by atoms with Gasteiger partial charge in [0.25, 0.3) is 5.69 Å².